The smallest absolute Gasteiger partial charge is 0.235 e. The molecule has 0 aliphatic heterocycles. The largest absolute Gasteiger partial charge is 0.478 e. The number of carbonyl (C=O) groups is 1. The minimum absolute atomic E-state index is 0.0746. The van der Waals surface area contributed by atoms with Crippen molar-refractivity contribution in [2.24, 2.45) is 0 Å². The summed E-state index contributed by atoms with van der Waals surface area (Å²) in [4.78, 5) is 25.8. The zero-order chi connectivity index (χ0) is 21.3. The molecule has 0 amide bonds. The first-order valence-corrected chi connectivity index (χ1v) is 10.0. The molecule has 0 N–H and O–H groups in total. The van der Waals surface area contributed by atoms with Crippen LogP contribution in [0, 0.1) is 0 Å². The predicted octanol–water partition coefficient (Wildman–Crippen LogP) is 6.68. The maximum atomic E-state index is 13.1. The van der Waals surface area contributed by atoms with Crippen LogP contribution in [0.4, 0.5) is 0 Å². The van der Waals surface area contributed by atoms with Gasteiger partial charge in [0.05, 0.1) is 10.4 Å². The molecule has 0 fully saturated rings. The van der Waals surface area contributed by atoms with Crippen LogP contribution in [-0.4, -0.2) is 12.4 Å². The first kappa shape index (κ1) is 20.5. The lowest BCUT2D eigenvalue weighted by atomic mass is 10.1. The summed E-state index contributed by atoms with van der Waals surface area (Å²) in [5.74, 6) is -0.249. The number of ketones is 1. The molecule has 4 aromatic rings. The van der Waals surface area contributed by atoms with Crippen molar-refractivity contribution in [2.45, 2.75) is 0 Å². The number of benzene rings is 3. The van der Waals surface area contributed by atoms with Crippen molar-refractivity contribution in [1.82, 2.24) is 0 Å². The fraction of sp³-hybridized carbons (Fsp3) is 0.0435. The second-order valence-corrected chi connectivity index (χ2v) is 7.71. The van der Waals surface area contributed by atoms with E-state index in [0.29, 0.717) is 21.2 Å². The Morgan fingerprint density at radius 3 is 2.33 bits per heavy atom. The van der Waals surface area contributed by atoms with Crippen molar-refractivity contribution in [3.63, 3.8) is 0 Å². The second kappa shape index (κ2) is 8.52. The van der Waals surface area contributed by atoms with Gasteiger partial charge in [-0.1, -0.05) is 65.1 Å². The molecule has 1 heterocycles. The van der Waals surface area contributed by atoms with Crippen LogP contribution in [-0.2, 0) is 0 Å². The summed E-state index contributed by atoms with van der Waals surface area (Å²) >= 11 is 18.0. The number of Topliss-reactive ketones (excluding diaryl/α,β-unsaturated/α-hetero) is 1. The van der Waals surface area contributed by atoms with Crippen LogP contribution in [0.1, 0.15) is 10.4 Å². The van der Waals surface area contributed by atoms with Crippen molar-refractivity contribution in [3.05, 3.63) is 97.6 Å². The van der Waals surface area contributed by atoms with Crippen molar-refractivity contribution >= 4 is 51.6 Å². The summed E-state index contributed by atoms with van der Waals surface area (Å²) in [5, 5.41) is 1.26. The molecule has 3 aromatic carbocycles. The summed E-state index contributed by atoms with van der Waals surface area (Å²) in [7, 11) is 0. The molecular formula is C23H13Cl3O4. The predicted molar refractivity (Wildman–Crippen MR) is 119 cm³/mol. The standard InChI is InChI=1S/C23H13Cl3O4/c24-14-7-9-20-17(10-14)21(28)23(22(30-20)13-4-2-1-3-5-13)29-12-19(27)16-8-6-15(25)11-18(16)26/h1-11H,12H2. The summed E-state index contributed by atoms with van der Waals surface area (Å²) < 4.78 is 11.6. The highest BCUT2D eigenvalue weighted by Gasteiger charge is 2.20. The quantitative estimate of drug-likeness (QED) is 0.312. The maximum absolute atomic E-state index is 13.1. The molecule has 7 heteroatoms. The number of carbonyl (C=O) groups excluding carboxylic acids is 1. The molecule has 0 atom stereocenters. The first-order chi connectivity index (χ1) is 14.4. The van der Waals surface area contributed by atoms with Gasteiger partial charge in [-0.15, -0.1) is 0 Å². The van der Waals surface area contributed by atoms with Gasteiger partial charge in [0.25, 0.3) is 0 Å². The molecule has 0 saturated carbocycles. The third-order valence-corrected chi connectivity index (χ3v) is 5.21. The Labute approximate surface area is 186 Å². The summed E-state index contributed by atoms with van der Waals surface area (Å²) in [6, 6.07) is 18.3. The lowest BCUT2D eigenvalue weighted by Gasteiger charge is -2.12. The maximum Gasteiger partial charge on any atom is 0.235 e. The minimum Gasteiger partial charge on any atom is -0.478 e. The van der Waals surface area contributed by atoms with Crippen LogP contribution in [0.15, 0.2) is 75.9 Å². The van der Waals surface area contributed by atoms with Gasteiger partial charge in [-0.25, -0.2) is 0 Å². The Kier molecular flexibility index (Phi) is 5.82. The molecule has 0 radical (unpaired) electrons. The van der Waals surface area contributed by atoms with E-state index in [1.165, 1.54) is 18.2 Å². The minimum atomic E-state index is -0.424. The lowest BCUT2D eigenvalue weighted by Crippen LogP contribution is -2.17. The summed E-state index contributed by atoms with van der Waals surface area (Å²) in [5.41, 5.74) is 0.823. The monoisotopic (exact) mass is 458 g/mol. The van der Waals surface area contributed by atoms with Crippen LogP contribution in [0.25, 0.3) is 22.3 Å². The number of hydrogen-bond acceptors (Lipinski definition) is 4. The second-order valence-electron chi connectivity index (χ2n) is 6.43. The van der Waals surface area contributed by atoms with E-state index in [9.17, 15) is 9.59 Å². The van der Waals surface area contributed by atoms with Crippen molar-refractivity contribution in [3.8, 4) is 17.1 Å². The molecule has 1 aromatic heterocycles. The molecule has 4 nitrogen and oxygen atoms in total. The highest BCUT2D eigenvalue weighted by Crippen LogP contribution is 2.32. The average Bonchev–Trinajstić information content (AvgIpc) is 2.74. The zero-order valence-corrected chi connectivity index (χ0v) is 17.6. The van der Waals surface area contributed by atoms with Gasteiger partial charge in [-0.2, -0.15) is 0 Å². The highest BCUT2D eigenvalue weighted by atomic mass is 35.5. The van der Waals surface area contributed by atoms with Crippen LogP contribution >= 0.6 is 34.8 Å². The fourth-order valence-electron chi connectivity index (χ4n) is 2.99. The Morgan fingerprint density at radius 1 is 0.900 bits per heavy atom. The van der Waals surface area contributed by atoms with Crippen LogP contribution in [0.3, 0.4) is 0 Å². The Balaban J connectivity index is 1.77. The molecule has 0 unspecified atom stereocenters. The van der Waals surface area contributed by atoms with Gasteiger partial charge in [0.15, 0.2) is 12.4 Å². The number of fused-ring (bicyclic) bond motifs is 1. The molecule has 0 saturated heterocycles. The van der Waals surface area contributed by atoms with Gasteiger partial charge in [-0.3, -0.25) is 9.59 Å². The number of halogens is 3. The summed E-state index contributed by atoms with van der Waals surface area (Å²) in [6.45, 7) is -0.405. The van der Waals surface area contributed by atoms with E-state index in [-0.39, 0.29) is 27.5 Å². The topological polar surface area (TPSA) is 56.5 Å². The number of ether oxygens (including phenoxy) is 1. The van der Waals surface area contributed by atoms with E-state index in [1.54, 1.807) is 30.3 Å². The van der Waals surface area contributed by atoms with E-state index in [1.807, 2.05) is 18.2 Å². The Bertz CT molecular complexity index is 1310. The van der Waals surface area contributed by atoms with Crippen LogP contribution < -0.4 is 10.2 Å². The third kappa shape index (κ3) is 4.08. The van der Waals surface area contributed by atoms with Crippen molar-refractivity contribution in [1.29, 1.82) is 0 Å². The van der Waals surface area contributed by atoms with Gasteiger partial charge >= 0.3 is 0 Å². The number of hydrogen-bond donors (Lipinski definition) is 0. The van der Waals surface area contributed by atoms with Gasteiger partial charge in [0.1, 0.15) is 5.58 Å². The molecule has 0 aliphatic carbocycles. The Hall–Kier alpha value is -2.79. The van der Waals surface area contributed by atoms with E-state index in [4.69, 9.17) is 44.0 Å². The SMILES string of the molecule is O=C(COc1c(-c2ccccc2)oc2ccc(Cl)cc2c1=O)c1ccc(Cl)cc1Cl. The van der Waals surface area contributed by atoms with E-state index in [2.05, 4.69) is 0 Å². The van der Waals surface area contributed by atoms with E-state index in [0.717, 1.165) is 0 Å². The molecule has 0 spiro atoms. The van der Waals surface area contributed by atoms with E-state index < -0.39 is 17.8 Å². The van der Waals surface area contributed by atoms with Crippen molar-refractivity contribution in [2.75, 3.05) is 6.61 Å². The highest BCUT2D eigenvalue weighted by molar-refractivity contribution is 6.36. The number of rotatable bonds is 5. The molecule has 150 valence electrons. The average molecular weight is 460 g/mol. The van der Waals surface area contributed by atoms with Crippen LogP contribution in [0.2, 0.25) is 15.1 Å². The van der Waals surface area contributed by atoms with Gasteiger partial charge in [0.2, 0.25) is 17.0 Å². The van der Waals surface area contributed by atoms with Gasteiger partial charge in [-0.05, 0) is 36.4 Å². The normalized spacial score (nSPS) is 10.9. The molecule has 0 bridgehead atoms. The first-order valence-electron chi connectivity index (χ1n) is 8.87. The molecule has 0 aliphatic rings. The molecular weight excluding hydrogens is 447 g/mol. The zero-order valence-electron chi connectivity index (χ0n) is 15.3. The lowest BCUT2D eigenvalue weighted by molar-refractivity contribution is 0.0920. The molecule has 30 heavy (non-hydrogen) atoms. The van der Waals surface area contributed by atoms with Gasteiger partial charge in [0, 0.05) is 21.2 Å². The van der Waals surface area contributed by atoms with Crippen molar-refractivity contribution < 1.29 is 13.9 Å². The third-order valence-electron chi connectivity index (χ3n) is 4.43. The Morgan fingerprint density at radius 2 is 1.60 bits per heavy atom. The van der Waals surface area contributed by atoms with Crippen LogP contribution in [0.5, 0.6) is 5.75 Å². The van der Waals surface area contributed by atoms with Gasteiger partial charge < -0.3 is 9.15 Å². The molecule has 4 rings (SSSR count). The fourth-order valence-corrected chi connectivity index (χ4v) is 3.68. The summed E-state index contributed by atoms with van der Waals surface area (Å²) in [6.07, 6.45) is 0. The van der Waals surface area contributed by atoms with E-state index >= 15 is 0 Å².